The number of benzene rings is 3. The topological polar surface area (TPSA) is 0 Å². The number of hydrogen-bond donors (Lipinski definition) is 0. The SMILES string of the molecule is CCCCCCc1ccc2c(c1)CCc1cc(-c3ccc(F)cc3)c(F)cc1-2. The average molecular weight is 376 g/mol. The highest BCUT2D eigenvalue weighted by Gasteiger charge is 2.19. The molecule has 0 atom stereocenters. The summed E-state index contributed by atoms with van der Waals surface area (Å²) in [4.78, 5) is 0. The zero-order valence-corrected chi connectivity index (χ0v) is 16.4. The molecule has 0 spiro atoms. The van der Waals surface area contributed by atoms with Crippen molar-refractivity contribution < 1.29 is 8.78 Å². The summed E-state index contributed by atoms with van der Waals surface area (Å²) < 4.78 is 28.1. The zero-order chi connectivity index (χ0) is 19.5. The van der Waals surface area contributed by atoms with E-state index in [1.54, 1.807) is 18.2 Å². The summed E-state index contributed by atoms with van der Waals surface area (Å²) in [7, 11) is 0. The first kappa shape index (κ1) is 18.9. The van der Waals surface area contributed by atoms with Gasteiger partial charge in [0.1, 0.15) is 11.6 Å². The molecule has 0 aromatic heterocycles. The highest BCUT2D eigenvalue weighted by molar-refractivity contribution is 5.78. The molecule has 28 heavy (non-hydrogen) atoms. The molecule has 0 amide bonds. The van der Waals surface area contributed by atoms with Crippen LogP contribution in [0.5, 0.6) is 0 Å². The van der Waals surface area contributed by atoms with Crippen molar-refractivity contribution in [1.82, 2.24) is 0 Å². The van der Waals surface area contributed by atoms with E-state index in [0.717, 1.165) is 36.0 Å². The van der Waals surface area contributed by atoms with Gasteiger partial charge in [0.25, 0.3) is 0 Å². The van der Waals surface area contributed by atoms with Crippen LogP contribution in [0.3, 0.4) is 0 Å². The van der Waals surface area contributed by atoms with E-state index in [4.69, 9.17) is 0 Å². The smallest absolute Gasteiger partial charge is 0.131 e. The predicted octanol–water partition coefficient (Wildman–Crippen LogP) is 7.52. The van der Waals surface area contributed by atoms with E-state index in [0.29, 0.717) is 5.56 Å². The minimum Gasteiger partial charge on any atom is -0.207 e. The largest absolute Gasteiger partial charge is 0.207 e. The zero-order valence-electron chi connectivity index (χ0n) is 16.4. The van der Waals surface area contributed by atoms with Gasteiger partial charge < -0.3 is 0 Å². The molecule has 0 saturated heterocycles. The van der Waals surface area contributed by atoms with Crippen molar-refractivity contribution in [3.8, 4) is 22.3 Å². The second-order valence-corrected chi connectivity index (χ2v) is 7.80. The number of hydrogen-bond acceptors (Lipinski definition) is 0. The normalized spacial score (nSPS) is 12.5. The van der Waals surface area contributed by atoms with Gasteiger partial charge in [-0.3, -0.25) is 0 Å². The van der Waals surface area contributed by atoms with Gasteiger partial charge in [-0.15, -0.1) is 0 Å². The van der Waals surface area contributed by atoms with Crippen LogP contribution in [-0.4, -0.2) is 0 Å². The van der Waals surface area contributed by atoms with Crippen molar-refractivity contribution >= 4 is 0 Å². The van der Waals surface area contributed by atoms with Crippen molar-refractivity contribution in [2.24, 2.45) is 0 Å². The lowest BCUT2D eigenvalue weighted by Crippen LogP contribution is -2.06. The number of halogens is 2. The Balaban J connectivity index is 1.62. The van der Waals surface area contributed by atoms with E-state index < -0.39 is 0 Å². The number of rotatable bonds is 6. The molecule has 0 bridgehead atoms. The molecule has 2 heteroatoms. The molecule has 0 radical (unpaired) electrons. The van der Waals surface area contributed by atoms with Crippen LogP contribution in [0.1, 0.15) is 49.3 Å². The molecule has 0 aliphatic heterocycles. The number of fused-ring (bicyclic) bond motifs is 3. The molecule has 1 aliphatic carbocycles. The molecular formula is C26H26F2. The summed E-state index contributed by atoms with van der Waals surface area (Å²) >= 11 is 0. The number of aryl methyl sites for hydroxylation is 3. The predicted molar refractivity (Wildman–Crippen MR) is 112 cm³/mol. The molecule has 0 heterocycles. The monoisotopic (exact) mass is 376 g/mol. The summed E-state index contributed by atoms with van der Waals surface area (Å²) in [5.74, 6) is -0.552. The van der Waals surface area contributed by atoms with Crippen LogP contribution < -0.4 is 0 Å². The standard InChI is InChI=1S/C26H26F2/c1-2-3-4-5-6-18-7-14-23-20(15-18)8-9-21-16-25(26(28)17-24(21)23)19-10-12-22(27)13-11-19/h7,10-17H,2-6,8-9H2,1H3. The van der Waals surface area contributed by atoms with Crippen LogP contribution in [0, 0.1) is 11.6 Å². The average Bonchev–Trinajstić information content (AvgIpc) is 2.71. The first-order valence-electron chi connectivity index (χ1n) is 10.4. The van der Waals surface area contributed by atoms with Crippen LogP contribution in [0.15, 0.2) is 54.6 Å². The second-order valence-electron chi connectivity index (χ2n) is 7.80. The third-order valence-corrected chi connectivity index (χ3v) is 5.79. The van der Waals surface area contributed by atoms with Gasteiger partial charge in [-0.25, -0.2) is 8.78 Å². The second kappa shape index (κ2) is 8.26. The van der Waals surface area contributed by atoms with Gasteiger partial charge >= 0.3 is 0 Å². The van der Waals surface area contributed by atoms with Gasteiger partial charge in [0.15, 0.2) is 0 Å². The molecule has 0 saturated carbocycles. The third kappa shape index (κ3) is 3.87. The van der Waals surface area contributed by atoms with E-state index in [1.807, 2.05) is 6.07 Å². The number of unbranched alkanes of at least 4 members (excludes halogenated alkanes) is 3. The van der Waals surface area contributed by atoms with E-state index in [9.17, 15) is 8.78 Å². The maximum atomic E-state index is 14.9. The molecule has 0 nitrogen and oxygen atoms in total. The molecule has 0 unspecified atom stereocenters. The summed E-state index contributed by atoms with van der Waals surface area (Å²) in [6.45, 7) is 2.23. The minimum atomic E-state index is -0.304. The molecule has 144 valence electrons. The van der Waals surface area contributed by atoms with Crippen LogP contribution in [0.4, 0.5) is 8.78 Å². The molecule has 3 aromatic rings. The highest BCUT2D eigenvalue weighted by Crippen LogP contribution is 2.38. The van der Waals surface area contributed by atoms with E-state index in [-0.39, 0.29) is 11.6 Å². The highest BCUT2D eigenvalue weighted by atomic mass is 19.1. The van der Waals surface area contributed by atoms with E-state index in [1.165, 1.54) is 54.5 Å². The Morgan fingerprint density at radius 1 is 0.714 bits per heavy atom. The Kier molecular flexibility index (Phi) is 5.57. The fourth-order valence-corrected chi connectivity index (χ4v) is 4.22. The Morgan fingerprint density at radius 3 is 2.21 bits per heavy atom. The van der Waals surface area contributed by atoms with Gasteiger partial charge in [-0.2, -0.15) is 0 Å². The molecule has 4 rings (SSSR count). The first-order chi connectivity index (χ1) is 13.7. The van der Waals surface area contributed by atoms with Crippen LogP contribution in [0.25, 0.3) is 22.3 Å². The lowest BCUT2D eigenvalue weighted by molar-refractivity contribution is 0.625. The van der Waals surface area contributed by atoms with Crippen molar-refractivity contribution in [2.75, 3.05) is 0 Å². The maximum absolute atomic E-state index is 14.9. The minimum absolute atomic E-state index is 0.248. The Bertz CT molecular complexity index is 970. The maximum Gasteiger partial charge on any atom is 0.131 e. The van der Waals surface area contributed by atoms with Gasteiger partial charge in [0.05, 0.1) is 0 Å². The van der Waals surface area contributed by atoms with Gasteiger partial charge in [-0.05, 0) is 83.3 Å². The van der Waals surface area contributed by atoms with Gasteiger partial charge in [-0.1, -0.05) is 56.5 Å². The lowest BCUT2D eigenvalue weighted by Gasteiger charge is -2.22. The first-order valence-corrected chi connectivity index (χ1v) is 10.4. The third-order valence-electron chi connectivity index (χ3n) is 5.79. The van der Waals surface area contributed by atoms with Crippen LogP contribution in [0.2, 0.25) is 0 Å². The summed E-state index contributed by atoms with van der Waals surface area (Å²) in [5, 5.41) is 0. The summed E-state index contributed by atoms with van der Waals surface area (Å²) in [5.41, 5.74) is 7.31. The van der Waals surface area contributed by atoms with Crippen molar-refractivity contribution in [2.45, 2.75) is 51.9 Å². The Labute approximate surface area is 166 Å². The van der Waals surface area contributed by atoms with Crippen molar-refractivity contribution in [3.63, 3.8) is 0 Å². The Morgan fingerprint density at radius 2 is 1.46 bits per heavy atom. The van der Waals surface area contributed by atoms with Crippen LogP contribution >= 0.6 is 0 Å². The molecule has 1 aliphatic rings. The van der Waals surface area contributed by atoms with E-state index in [2.05, 4.69) is 25.1 Å². The lowest BCUT2D eigenvalue weighted by atomic mass is 9.83. The molecular weight excluding hydrogens is 350 g/mol. The quantitative estimate of drug-likeness (QED) is 0.390. The molecule has 0 N–H and O–H groups in total. The van der Waals surface area contributed by atoms with Gasteiger partial charge in [0.2, 0.25) is 0 Å². The van der Waals surface area contributed by atoms with E-state index >= 15 is 0 Å². The summed E-state index contributed by atoms with van der Waals surface area (Å²) in [6.07, 6.45) is 8.10. The fourth-order valence-electron chi connectivity index (χ4n) is 4.22. The molecule has 0 fully saturated rings. The van der Waals surface area contributed by atoms with Crippen molar-refractivity contribution in [3.05, 3.63) is 82.9 Å². The summed E-state index contributed by atoms with van der Waals surface area (Å²) in [6, 6.07) is 16.3. The fraction of sp³-hybridized carbons (Fsp3) is 0.308. The van der Waals surface area contributed by atoms with Crippen LogP contribution in [-0.2, 0) is 19.3 Å². The molecule has 3 aromatic carbocycles. The Hall–Kier alpha value is -2.48. The van der Waals surface area contributed by atoms with Crippen molar-refractivity contribution in [1.29, 1.82) is 0 Å². The van der Waals surface area contributed by atoms with Gasteiger partial charge in [0, 0.05) is 5.56 Å².